The zero-order chi connectivity index (χ0) is 19.4. The second-order valence-corrected chi connectivity index (χ2v) is 6.99. The van der Waals surface area contributed by atoms with E-state index in [1.807, 2.05) is 13.8 Å². The van der Waals surface area contributed by atoms with E-state index in [9.17, 15) is 14.4 Å². The minimum Gasteiger partial charge on any atom is -0.480 e. The minimum atomic E-state index is -1.06. The summed E-state index contributed by atoms with van der Waals surface area (Å²) in [6.07, 6.45) is 2.58. The molecule has 9 heteroatoms. The van der Waals surface area contributed by atoms with Crippen LogP contribution in [0.25, 0.3) is 0 Å². The normalized spacial score (nSPS) is 14.6. The van der Waals surface area contributed by atoms with Gasteiger partial charge in [-0.2, -0.15) is 12.6 Å². The summed E-state index contributed by atoms with van der Waals surface area (Å²) >= 11 is 4.03. The highest BCUT2D eigenvalue weighted by Crippen LogP contribution is 2.06. The van der Waals surface area contributed by atoms with E-state index >= 15 is 0 Å². The van der Waals surface area contributed by atoms with Crippen molar-refractivity contribution < 1.29 is 19.5 Å². The Hall–Kier alpha value is -1.32. The fourth-order valence-corrected chi connectivity index (χ4v) is 2.48. The Kier molecular flexibility index (Phi) is 12.3. The predicted octanol–water partition coefficient (Wildman–Crippen LogP) is -0.137. The Morgan fingerprint density at radius 2 is 1.64 bits per heavy atom. The van der Waals surface area contributed by atoms with Crippen LogP contribution in [-0.4, -0.2) is 53.3 Å². The first-order valence-electron chi connectivity index (χ1n) is 8.61. The fourth-order valence-electron chi connectivity index (χ4n) is 2.20. The van der Waals surface area contributed by atoms with Crippen LogP contribution in [0.2, 0.25) is 0 Å². The predicted molar refractivity (Wildman–Crippen MR) is 100 cm³/mol. The highest BCUT2D eigenvalue weighted by molar-refractivity contribution is 7.80. The van der Waals surface area contributed by atoms with Gasteiger partial charge in [0.05, 0.1) is 12.1 Å². The van der Waals surface area contributed by atoms with E-state index < -0.39 is 30.0 Å². The van der Waals surface area contributed by atoms with Crippen molar-refractivity contribution in [3.05, 3.63) is 0 Å². The third kappa shape index (κ3) is 11.0. The molecule has 0 aromatic heterocycles. The number of thiol groups is 1. The summed E-state index contributed by atoms with van der Waals surface area (Å²) in [6.45, 7) is 4.23. The Bertz CT molecular complexity index is 434. The second kappa shape index (κ2) is 13.0. The van der Waals surface area contributed by atoms with Crippen LogP contribution < -0.4 is 22.1 Å². The molecule has 0 saturated heterocycles. The summed E-state index contributed by atoms with van der Waals surface area (Å²) in [4.78, 5) is 34.7. The number of nitrogens with two attached hydrogens (primary N) is 2. The zero-order valence-corrected chi connectivity index (χ0v) is 15.9. The molecule has 7 N–H and O–H groups in total. The van der Waals surface area contributed by atoms with Crippen LogP contribution in [0, 0.1) is 5.92 Å². The van der Waals surface area contributed by atoms with Gasteiger partial charge in [-0.3, -0.25) is 9.59 Å². The van der Waals surface area contributed by atoms with Crippen molar-refractivity contribution in [2.75, 3.05) is 12.3 Å². The van der Waals surface area contributed by atoms with Gasteiger partial charge in [-0.15, -0.1) is 0 Å². The van der Waals surface area contributed by atoms with Gasteiger partial charge in [0.2, 0.25) is 11.8 Å². The first-order valence-corrected chi connectivity index (χ1v) is 9.25. The molecule has 0 unspecified atom stereocenters. The SMILES string of the molecule is CC(C)C[C@H](NC(=O)[C@@H](N)CCCCNC(=O)[C@@H](N)CCS)C(=O)O. The Morgan fingerprint density at radius 3 is 2.16 bits per heavy atom. The van der Waals surface area contributed by atoms with Crippen LogP contribution in [0.1, 0.15) is 46.0 Å². The van der Waals surface area contributed by atoms with E-state index in [0.29, 0.717) is 44.4 Å². The number of rotatable bonds is 13. The van der Waals surface area contributed by atoms with Gasteiger partial charge in [-0.1, -0.05) is 13.8 Å². The Labute approximate surface area is 154 Å². The van der Waals surface area contributed by atoms with Crippen LogP contribution in [-0.2, 0) is 14.4 Å². The smallest absolute Gasteiger partial charge is 0.326 e. The quantitative estimate of drug-likeness (QED) is 0.195. The summed E-state index contributed by atoms with van der Waals surface area (Å²) in [7, 11) is 0. The zero-order valence-electron chi connectivity index (χ0n) is 15.0. The highest BCUT2D eigenvalue weighted by Gasteiger charge is 2.23. The number of aliphatic carboxylic acids is 1. The third-order valence-corrected chi connectivity index (χ3v) is 3.93. The number of hydrogen-bond donors (Lipinski definition) is 6. The Balaban J connectivity index is 4.05. The molecule has 0 saturated carbocycles. The molecule has 0 rings (SSSR count). The Morgan fingerprint density at radius 1 is 1.04 bits per heavy atom. The number of hydrogen-bond acceptors (Lipinski definition) is 6. The number of amides is 2. The van der Waals surface area contributed by atoms with Gasteiger partial charge in [0, 0.05) is 6.54 Å². The number of carbonyl (C=O) groups excluding carboxylic acids is 2. The molecule has 0 radical (unpaired) electrons. The molecule has 3 atom stereocenters. The molecule has 0 aliphatic heterocycles. The van der Waals surface area contributed by atoms with Crippen LogP contribution in [0.5, 0.6) is 0 Å². The highest BCUT2D eigenvalue weighted by atomic mass is 32.1. The summed E-state index contributed by atoms with van der Waals surface area (Å²) in [5.74, 6) is -1.04. The lowest BCUT2D eigenvalue weighted by molar-refractivity contribution is -0.142. The molecule has 2 amide bonds. The second-order valence-electron chi connectivity index (χ2n) is 6.54. The van der Waals surface area contributed by atoms with Gasteiger partial charge >= 0.3 is 5.97 Å². The standard InChI is InChI=1S/C16H32N4O4S/c1-10(2)9-13(16(23)24)20-15(22)11(17)5-3-4-7-19-14(21)12(18)6-8-25/h10-13,25H,3-9,17-18H2,1-2H3,(H,19,21)(H,20,22)(H,23,24)/t11-,12-,13-/m0/s1. The van der Waals surface area contributed by atoms with E-state index in [0.717, 1.165) is 0 Å². The van der Waals surface area contributed by atoms with Gasteiger partial charge in [0.25, 0.3) is 0 Å². The molecule has 0 bridgehead atoms. The summed E-state index contributed by atoms with van der Waals surface area (Å²) < 4.78 is 0. The lowest BCUT2D eigenvalue weighted by Gasteiger charge is -2.19. The third-order valence-electron chi connectivity index (χ3n) is 3.68. The van der Waals surface area contributed by atoms with Crippen molar-refractivity contribution >= 4 is 30.4 Å². The number of carboxylic acids is 1. The first-order chi connectivity index (χ1) is 11.7. The van der Waals surface area contributed by atoms with E-state index in [4.69, 9.17) is 16.6 Å². The topological polar surface area (TPSA) is 148 Å². The van der Waals surface area contributed by atoms with Crippen LogP contribution in [0.15, 0.2) is 0 Å². The number of carboxylic acid groups (broad SMARTS) is 1. The number of unbranched alkanes of at least 4 members (excludes halogenated alkanes) is 1. The largest absolute Gasteiger partial charge is 0.480 e. The maximum atomic E-state index is 12.0. The van der Waals surface area contributed by atoms with Crippen molar-refractivity contribution in [3.63, 3.8) is 0 Å². The fraction of sp³-hybridized carbons (Fsp3) is 0.812. The molecule has 146 valence electrons. The summed E-state index contributed by atoms with van der Waals surface area (Å²) in [6, 6.07) is -2.25. The summed E-state index contributed by atoms with van der Waals surface area (Å²) in [5, 5.41) is 14.3. The molecule has 0 spiro atoms. The average Bonchev–Trinajstić information content (AvgIpc) is 2.52. The van der Waals surface area contributed by atoms with Gasteiger partial charge < -0.3 is 27.2 Å². The molecule has 0 fully saturated rings. The van der Waals surface area contributed by atoms with Crippen LogP contribution in [0.3, 0.4) is 0 Å². The van der Waals surface area contributed by atoms with Crippen molar-refractivity contribution in [2.24, 2.45) is 17.4 Å². The molecular formula is C16H32N4O4S. The average molecular weight is 377 g/mol. The van der Waals surface area contributed by atoms with Gasteiger partial charge in [0.1, 0.15) is 6.04 Å². The van der Waals surface area contributed by atoms with E-state index in [-0.39, 0.29) is 11.8 Å². The van der Waals surface area contributed by atoms with E-state index in [1.165, 1.54) is 0 Å². The van der Waals surface area contributed by atoms with Crippen molar-refractivity contribution in [3.8, 4) is 0 Å². The van der Waals surface area contributed by atoms with Crippen molar-refractivity contribution in [2.45, 2.75) is 64.1 Å². The summed E-state index contributed by atoms with van der Waals surface area (Å²) in [5.41, 5.74) is 11.5. The number of nitrogens with one attached hydrogen (secondary N) is 2. The monoisotopic (exact) mass is 376 g/mol. The molecular weight excluding hydrogens is 344 g/mol. The van der Waals surface area contributed by atoms with Crippen LogP contribution in [0.4, 0.5) is 0 Å². The molecule has 0 aromatic rings. The number of carbonyl (C=O) groups is 3. The molecule has 0 heterocycles. The van der Waals surface area contributed by atoms with Crippen molar-refractivity contribution in [1.29, 1.82) is 0 Å². The molecule has 25 heavy (non-hydrogen) atoms. The van der Waals surface area contributed by atoms with Gasteiger partial charge in [0.15, 0.2) is 0 Å². The minimum absolute atomic E-state index is 0.148. The molecule has 0 aromatic carbocycles. The molecule has 0 aliphatic rings. The first kappa shape index (κ1) is 23.7. The van der Waals surface area contributed by atoms with Gasteiger partial charge in [-0.05, 0) is 43.8 Å². The van der Waals surface area contributed by atoms with Gasteiger partial charge in [-0.25, -0.2) is 4.79 Å². The molecule has 0 aliphatic carbocycles. The van der Waals surface area contributed by atoms with Crippen LogP contribution >= 0.6 is 12.6 Å². The van der Waals surface area contributed by atoms with Crippen molar-refractivity contribution in [1.82, 2.24) is 10.6 Å². The molecule has 8 nitrogen and oxygen atoms in total. The van der Waals surface area contributed by atoms with E-state index in [2.05, 4.69) is 23.3 Å². The van der Waals surface area contributed by atoms with E-state index in [1.54, 1.807) is 0 Å². The maximum Gasteiger partial charge on any atom is 0.326 e. The lowest BCUT2D eigenvalue weighted by Crippen LogP contribution is -2.48. The maximum absolute atomic E-state index is 12.0. The lowest BCUT2D eigenvalue weighted by atomic mass is 10.0.